The Hall–Kier alpha value is -1.44. The van der Waals surface area contributed by atoms with Crippen molar-refractivity contribution in [2.45, 2.75) is 16.7 Å². The van der Waals surface area contributed by atoms with Gasteiger partial charge < -0.3 is 0 Å². The summed E-state index contributed by atoms with van der Waals surface area (Å²) in [4.78, 5) is -0.0424. The molecule has 92 valence electrons. The van der Waals surface area contributed by atoms with Crippen molar-refractivity contribution < 1.29 is 21.6 Å². The Kier molecular flexibility index (Phi) is 2.32. The second-order valence-electron chi connectivity index (χ2n) is 3.67. The standard InChI is InChI=1S/C9H7F3N2O2S/c1-17(15,16)7-4-2-6(3-5-7)8(13-14-8)9(10,11)12/h2-5H,1H3. The molecule has 0 bridgehead atoms. The topological polar surface area (TPSA) is 58.9 Å². The van der Waals surface area contributed by atoms with Crippen molar-refractivity contribution in [1.29, 1.82) is 0 Å². The summed E-state index contributed by atoms with van der Waals surface area (Å²) < 4.78 is 60.1. The number of rotatable bonds is 2. The van der Waals surface area contributed by atoms with E-state index < -0.39 is 21.7 Å². The number of nitrogens with zero attached hydrogens (tertiary/aromatic N) is 2. The van der Waals surface area contributed by atoms with Crippen molar-refractivity contribution >= 4 is 9.84 Å². The Morgan fingerprint density at radius 2 is 1.59 bits per heavy atom. The number of halogens is 3. The van der Waals surface area contributed by atoms with Crippen LogP contribution in [0.25, 0.3) is 0 Å². The monoisotopic (exact) mass is 264 g/mol. The highest BCUT2D eigenvalue weighted by Gasteiger charge is 2.65. The first-order valence-corrected chi connectivity index (χ1v) is 6.37. The Labute approximate surface area is 95.1 Å². The molecule has 1 aromatic rings. The van der Waals surface area contributed by atoms with E-state index in [0.717, 1.165) is 30.5 Å². The third-order valence-corrected chi connectivity index (χ3v) is 3.51. The van der Waals surface area contributed by atoms with Gasteiger partial charge in [-0.25, -0.2) is 8.42 Å². The van der Waals surface area contributed by atoms with E-state index in [1.807, 2.05) is 0 Å². The fourth-order valence-corrected chi connectivity index (χ4v) is 2.01. The van der Waals surface area contributed by atoms with Crippen molar-refractivity contribution in [2.75, 3.05) is 6.26 Å². The maximum absolute atomic E-state index is 12.6. The third-order valence-electron chi connectivity index (χ3n) is 2.38. The first kappa shape index (κ1) is 12.0. The van der Waals surface area contributed by atoms with Crippen LogP contribution in [0.4, 0.5) is 13.2 Å². The molecule has 0 aliphatic carbocycles. The number of hydrogen-bond donors (Lipinski definition) is 0. The fraction of sp³-hybridized carbons (Fsp3) is 0.333. The normalized spacial score (nSPS) is 18.1. The van der Waals surface area contributed by atoms with Gasteiger partial charge in [0.1, 0.15) is 0 Å². The Morgan fingerprint density at radius 1 is 1.12 bits per heavy atom. The molecule has 1 aliphatic heterocycles. The SMILES string of the molecule is CS(=O)(=O)c1ccc(C2(C(F)(F)F)N=N2)cc1. The predicted molar refractivity (Wildman–Crippen MR) is 52.1 cm³/mol. The van der Waals surface area contributed by atoms with Crippen molar-refractivity contribution in [2.24, 2.45) is 10.2 Å². The van der Waals surface area contributed by atoms with E-state index in [-0.39, 0.29) is 10.5 Å². The van der Waals surface area contributed by atoms with E-state index in [1.54, 1.807) is 0 Å². The summed E-state index contributed by atoms with van der Waals surface area (Å²) >= 11 is 0. The summed E-state index contributed by atoms with van der Waals surface area (Å²) in [6.45, 7) is 0. The Balaban J connectivity index is 2.38. The zero-order valence-electron chi connectivity index (χ0n) is 8.56. The molecular weight excluding hydrogens is 257 g/mol. The summed E-state index contributed by atoms with van der Waals surface area (Å²) in [7, 11) is -3.42. The van der Waals surface area contributed by atoms with Gasteiger partial charge in [-0.2, -0.15) is 13.2 Å². The van der Waals surface area contributed by atoms with Crippen LogP contribution in [0.1, 0.15) is 5.56 Å². The molecule has 0 atom stereocenters. The highest BCUT2D eigenvalue weighted by Crippen LogP contribution is 2.52. The minimum Gasteiger partial charge on any atom is -0.224 e. The van der Waals surface area contributed by atoms with Gasteiger partial charge in [0.2, 0.25) is 0 Å². The molecule has 0 aromatic heterocycles. The minimum atomic E-state index is -4.60. The molecular formula is C9H7F3N2O2S. The number of hydrogen-bond acceptors (Lipinski definition) is 4. The van der Waals surface area contributed by atoms with Gasteiger partial charge in [0.25, 0.3) is 0 Å². The van der Waals surface area contributed by atoms with E-state index in [4.69, 9.17) is 0 Å². The van der Waals surface area contributed by atoms with Crippen molar-refractivity contribution in [3.05, 3.63) is 29.8 Å². The molecule has 1 aliphatic rings. The van der Waals surface area contributed by atoms with Crippen LogP contribution in [0.3, 0.4) is 0 Å². The fourth-order valence-electron chi connectivity index (χ4n) is 1.38. The summed E-state index contributed by atoms with van der Waals surface area (Å²) in [6.07, 6.45) is -3.62. The van der Waals surface area contributed by atoms with Crippen molar-refractivity contribution in [1.82, 2.24) is 0 Å². The molecule has 0 unspecified atom stereocenters. The van der Waals surface area contributed by atoms with Crippen LogP contribution in [0, 0.1) is 0 Å². The summed E-state index contributed by atoms with van der Waals surface area (Å²) in [5.41, 5.74) is -2.68. The molecule has 8 heteroatoms. The van der Waals surface area contributed by atoms with Gasteiger partial charge in [-0.15, -0.1) is 10.2 Å². The lowest BCUT2D eigenvalue weighted by Crippen LogP contribution is -2.30. The largest absolute Gasteiger partial charge is 0.442 e. The van der Waals surface area contributed by atoms with Gasteiger partial charge in [0.05, 0.1) is 4.90 Å². The first-order chi connectivity index (χ1) is 7.67. The Morgan fingerprint density at radius 3 is 1.88 bits per heavy atom. The number of sulfone groups is 1. The molecule has 0 radical (unpaired) electrons. The third kappa shape index (κ3) is 1.92. The highest BCUT2D eigenvalue weighted by molar-refractivity contribution is 7.90. The predicted octanol–water partition coefficient (Wildman–Crippen LogP) is 2.27. The maximum atomic E-state index is 12.6. The lowest BCUT2D eigenvalue weighted by atomic mass is 10.0. The summed E-state index contributed by atoms with van der Waals surface area (Å²) in [5, 5.41) is 6.04. The molecule has 0 spiro atoms. The molecule has 4 nitrogen and oxygen atoms in total. The summed E-state index contributed by atoms with van der Waals surface area (Å²) in [6, 6.07) is 4.37. The number of benzene rings is 1. The minimum absolute atomic E-state index is 0.0424. The second kappa shape index (κ2) is 3.28. The average molecular weight is 264 g/mol. The van der Waals surface area contributed by atoms with Crippen molar-refractivity contribution in [3.63, 3.8) is 0 Å². The molecule has 0 amide bonds. The van der Waals surface area contributed by atoms with E-state index in [1.165, 1.54) is 0 Å². The van der Waals surface area contributed by atoms with Gasteiger partial charge in [-0.3, -0.25) is 0 Å². The highest BCUT2D eigenvalue weighted by atomic mass is 32.2. The van der Waals surface area contributed by atoms with E-state index >= 15 is 0 Å². The molecule has 1 aromatic carbocycles. The molecule has 0 saturated carbocycles. The zero-order valence-corrected chi connectivity index (χ0v) is 9.38. The van der Waals surface area contributed by atoms with E-state index in [9.17, 15) is 21.6 Å². The molecule has 0 saturated heterocycles. The van der Waals surface area contributed by atoms with Crippen LogP contribution in [-0.2, 0) is 15.5 Å². The Bertz CT molecular complexity index is 569. The average Bonchev–Trinajstić information content (AvgIpc) is 2.96. The smallest absolute Gasteiger partial charge is 0.224 e. The molecule has 0 N–H and O–H groups in total. The van der Waals surface area contributed by atoms with Gasteiger partial charge in [-0.05, 0) is 12.1 Å². The van der Waals surface area contributed by atoms with Gasteiger partial charge >= 0.3 is 11.8 Å². The first-order valence-electron chi connectivity index (χ1n) is 4.48. The maximum Gasteiger partial charge on any atom is 0.442 e. The molecule has 0 fully saturated rings. The van der Waals surface area contributed by atoms with Crippen LogP contribution in [0.15, 0.2) is 39.4 Å². The molecule has 1 heterocycles. The lowest BCUT2D eigenvalue weighted by molar-refractivity contribution is -0.166. The quantitative estimate of drug-likeness (QED) is 0.822. The van der Waals surface area contributed by atoms with Gasteiger partial charge in [0, 0.05) is 11.8 Å². The number of alkyl halides is 3. The van der Waals surface area contributed by atoms with Crippen LogP contribution in [0.5, 0.6) is 0 Å². The van der Waals surface area contributed by atoms with E-state index in [0.29, 0.717) is 0 Å². The zero-order chi connectivity index (χ0) is 12.9. The van der Waals surface area contributed by atoms with Crippen LogP contribution >= 0.6 is 0 Å². The summed E-state index contributed by atoms with van der Waals surface area (Å²) in [5.74, 6) is 0. The molecule has 17 heavy (non-hydrogen) atoms. The lowest BCUT2D eigenvalue weighted by Gasteiger charge is -2.14. The van der Waals surface area contributed by atoms with E-state index in [2.05, 4.69) is 10.2 Å². The van der Waals surface area contributed by atoms with Gasteiger partial charge in [0.15, 0.2) is 9.84 Å². The van der Waals surface area contributed by atoms with Gasteiger partial charge in [-0.1, -0.05) is 12.1 Å². The van der Waals surface area contributed by atoms with Crippen LogP contribution < -0.4 is 0 Å². The van der Waals surface area contributed by atoms with Crippen LogP contribution in [-0.4, -0.2) is 20.8 Å². The van der Waals surface area contributed by atoms with Crippen molar-refractivity contribution in [3.8, 4) is 0 Å². The molecule has 2 rings (SSSR count). The van der Waals surface area contributed by atoms with Crippen LogP contribution in [0.2, 0.25) is 0 Å². The second-order valence-corrected chi connectivity index (χ2v) is 5.68.